The van der Waals surface area contributed by atoms with Gasteiger partial charge in [-0.05, 0) is 40.0 Å². The first-order valence-electron chi connectivity index (χ1n) is 4.31. The summed E-state index contributed by atoms with van der Waals surface area (Å²) < 4.78 is 0.431. The molecule has 1 rings (SSSR count). The Morgan fingerprint density at radius 1 is 1.50 bits per heavy atom. The molecule has 0 heterocycles. The van der Waals surface area contributed by atoms with Crippen molar-refractivity contribution < 1.29 is 15.0 Å². The van der Waals surface area contributed by atoms with Gasteiger partial charge in [-0.15, -0.1) is 0 Å². The minimum absolute atomic E-state index is 0.136. The average Bonchev–Trinajstić information content (AvgIpc) is 2.12. The highest BCUT2D eigenvalue weighted by Gasteiger charge is 2.11. The molecule has 0 unspecified atom stereocenters. The summed E-state index contributed by atoms with van der Waals surface area (Å²) in [5.74, 6) is -0.847. The Kier molecular flexibility index (Phi) is 3.52. The minimum atomic E-state index is -0.983. The van der Waals surface area contributed by atoms with E-state index in [4.69, 9.17) is 5.11 Å². The van der Waals surface area contributed by atoms with E-state index in [1.165, 1.54) is 12.1 Å². The van der Waals surface area contributed by atoms with Crippen LogP contribution in [0.2, 0.25) is 0 Å². The second kappa shape index (κ2) is 4.46. The van der Waals surface area contributed by atoms with Crippen LogP contribution < -0.4 is 0 Å². The van der Waals surface area contributed by atoms with Gasteiger partial charge in [0.1, 0.15) is 5.75 Å². The van der Waals surface area contributed by atoms with Gasteiger partial charge in [0.25, 0.3) is 0 Å². The Bertz CT molecular complexity index is 361. The molecule has 76 valence electrons. The molecule has 0 saturated heterocycles. The highest BCUT2D eigenvalue weighted by atomic mass is 79.9. The fraction of sp³-hybridized carbons (Fsp3) is 0.300. The van der Waals surface area contributed by atoms with E-state index >= 15 is 0 Å². The lowest BCUT2D eigenvalue weighted by Gasteiger charge is -2.06. The summed E-state index contributed by atoms with van der Waals surface area (Å²) >= 11 is 3.12. The molecule has 1 aromatic rings. The Morgan fingerprint density at radius 2 is 2.14 bits per heavy atom. The molecule has 0 amide bonds. The second-order valence-corrected chi connectivity index (χ2v) is 3.88. The molecule has 0 saturated carbocycles. The average molecular weight is 259 g/mol. The van der Waals surface area contributed by atoms with E-state index < -0.39 is 5.97 Å². The van der Waals surface area contributed by atoms with Crippen LogP contribution in [0.4, 0.5) is 0 Å². The zero-order valence-electron chi connectivity index (χ0n) is 7.75. The fourth-order valence-corrected chi connectivity index (χ4v) is 1.74. The maximum absolute atomic E-state index is 10.7. The number of hydrogen-bond acceptors (Lipinski definition) is 2. The minimum Gasteiger partial charge on any atom is -0.506 e. The van der Waals surface area contributed by atoms with E-state index in [1.807, 2.05) is 6.92 Å². The Labute approximate surface area is 90.5 Å². The molecule has 0 bridgehead atoms. The number of aromatic hydroxyl groups is 1. The van der Waals surface area contributed by atoms with E-state index in [9.17, 15) is 9.90 Å². The van der Waals surface area contributed by atoms with Crippen molar-refractivity contribution >= 4 is 21.9 Å². The van der Waals surface area contributed by atoms with Gasteiger partial charge in [0.2, 0.25) is 0 Å². The molecule has 4 heteroatoms. The SMILES string of the molecule is CCCc1cc(C(=O)O)cc(Br)c1O. The van der Waals surface area contributed by atoms with Crippen LogP contribution in [0.1, 0.15) is 29.3 Å². The van der Waals surface area contributed by atoms with Crippen molar-refractivity contribution in [1.82, 2.24) is 0 Å². The van der Waals surface area contributed by atoms with Crippen LogP contribution in [0.3, 0.4) is 0 Å². The molecule has 0 aliphatic rings. The second-order valence-electron chi connectivity index (χ2n) is 3.02. The molecule has 0 fully saturated rings. The first-order chi connectivity index (χ1) is 6.56. The summed E-state index contributed by atoms with van der Waals surface area (Å²) in [6.45, 7) is 1.97. The van der Waals surface area contributed by atoms with Gasteiger partial charge in [-0.3, -0.25) is 0 Å². The third-order valence-corrected chi connectivity index (χ3v) is 2.51. The predicted molar refractivity (Wildman–Crippen MR) is 56.8 cm³/mol. The zero-order valence-corrected chi connectivity index (χ0v) is 9.34. The van der Waals surface area contributed by atoms with Crippen molar-refractivity contribution in [3.05, 3.63) is 27.7 Å². The number of rotatable bonds is 3. The molecule has 14 heavy (non-hydrogen) atoms. The number of hydrogen-bond donors (Lipinski definition) is 2. The van der Waals surface area contributed by atoms with Crippen molar-refractivity contribution in [2.45, 2.75) is 19.8 Å². The Morgan fingerprint density at radius 3 is 2.64 bits per heavy atom. The number of aryl methyl sites for hydroxylation is 1. The number of phenolic OH excluding ortho intramolecular Hbond substituents is 1. The van der Waals surface area contributed by atoms with E-state index in [2.05, 4.69) is 15.9 Å². The lowest BCUT2D eigenvalue weighted by atomic mass is 10.1. The highest BCUT2D eigenvalue weighted by molar-refractivity contribution is 9.10. The molecular formula is C10H11BrO3. The maximum Gasteiger partial charge on any atom is 0.335 e. The predicted octanol–water partition coefficient (Wildman–Crippen LogP) is 2.81. The lowest BCUT2D eigenvalue weighted by Crippen LogP contribution is -1.98. The van der Waals surface area contributed by atoms with Gasteiger partial charge in [0.05, 0.1) is 10.0 Å². The van der Waals surface area contributed by atoms with Gasteiger partial charge in [0, 0.05) is 0 Å². The van der Waals surface area contributed by atoms with E-state index in [0.717, 1.165) is 6.42 Å². The molecule has 0 aliphatic heterocycles. The van der Waals surface area contributed by atoms with Gasteiger partial charge in [-0.25, -0.2) is 4.79 Å². The van der Waals surface area contributed by atoms with Crippen LogP contribution in [0.15, 0.2) is 16.6 Å². The van der Waals surface area contributed by atoms with Crippen molar-refractivity contribution in [1.29, 1.82) is 0 Å². The van der Waals surface area contributed by atoms with Crippen molar-refractivity contribution in [2.24, 2.45) is 0 Å². The van der Waals surface area contributed by atoms with Gasteiger partial charge < -0.3 is 10.2 Å². The van der Waals surface area contributed by atoms with E-state index in [-0.39, 0.29) is 11.3 Å². The van der Waals surface area contributed by atoms with Crippen molar-refractivity contribution in [2.75, 3.05) is 0 Å². The van der Waals surface area contributed by atoms with Crippen LogP contribution in [-0.4, -0.2) is 16.2 Å². The number of aromatic carboxylic acids is 1. The quantitative estimate of drug-likeness (QED) is 0.877. The first-order valence-corrected chi connectivity index (χ1v) is 5.10. The number of phenols is 1. The summed E-state index contributed by atoms with van der Waals surface area (Å²) in [6.07, 6.45) is 1.54. The highest BCUT2D eigenvalue weighted by Crippen LogP contribution is 2.30. The number of carbonyl (C=O) groups is 1. The monoisotopic (exact) mass is 258 g/mol. The Balaban J connectivity index is 3.20. The van der Waals surface area contributed by atoms with Gasteiger partial charge in [-0.1, -0.05) is 13.3 Å². The number of carboxylic acids is 1. The fourth-order valence-electron chi connectivity index (χ4n) is 1.24. The smallest absolute Gasteiger partial charge is 0.335 e. The molecule has 0 aromatic heterocycles. The van der Waals surface area contributed by atoms with Gasteiger partial charge >= 0.3 is 5.97 Å². The van der Waals surface area contributed by atoms with Crippen LogP contribution in [-0.2, 0) is 6.42 Å². The molecule has 0 spiro atoms. The Hall–Kier alpha value is -1.03. The van der Waals surface area contributed by atoms with Crippen molar-refractivity contribution in [3.63, 3.8) is 0 Å². The largest absolute Gasteiger partial charge is 0.506 e. The normalized spacial score (nSPS) is 10.1. The molecule has 0 radical (unpaired) electrons. The third-order valence-electron chi connectivity index (χ3n) is 1.91. The summed E-state index contributed by atoms with van der Waals surface area (Å²) in [7, 11) is 0. The first kappa shape index (κ1) is 11.0. The molecular weight excluding hydrogens is 248 g/mol. The van der Waals surface area contributed by atoms with Crippen LogP contribution >= 0.6 is 15.9 Å². The molecule has 0 aliphatic carbocycles. The summed E-state index contributed by atoms with van der Waals surface area (Å²) in [4.78, 5) is 10.7. The maximum atomic E-state index is 10.7. The molecule has 2 N–H and O–H groups in total. The van der Waals surface area contributed by atoms with Crippen LogP contribution in [0, 0.1) is 0 Å². The number of benzene rings is 1. The summed E-state index contributed by atoms with van der Waals surface area (Å²) in [5.41, 5.74) is 0.859. The summed E-state index contributed by atoms with van der Waals surface area (Å²) in [5, 5.41) is 18.4. The van der Waals surface area contributed by atoms with E-state index in [1.54, 1.807) is 0 Å². The molecule has 0 atom stereocenters. The van der Waals surface area contributed by atoms with Crippen LogP contribution in [0.25, 0.3) is 0 Å². The topological polar surface area (TPSA) is 57.5 Å². The number of halogens is 1. The molecule has 3 nitrogen and oxygen atoms in total. The number of carboxylic acid groups (broad SMARTS) is 1. The summed E-state index contributed by atoms with van der Waals surface area (Å²) in [6, 6.07) is 2.91. The molecule has 1 aromatic carbocycles. The lowest BCUT2D eigenvalue weighted by molar-refractivity contribution is 0.0696. The van der Waals surface area contributed by atoms with Gasteiger partial charge in [-0.2, -0.15) is 0 Å². The van der Waals surface area contributed by atoms with Crippen LogP contribution in [0.5, 0.6) is 5.75 Å². The third kappa shape index (κ3) is 2.26. The zero-order chi connectivity index (χ0) is 10.7. The standard InChI is InChI=1S/C10H11BrO3/c1-2-3-6-4-7(10(13)14)5-8(11)9(6)12/h4-5,12H,2-3H2,1H3,(H,13,14). The van der Waals surface area contributed by atoms with E-state index in [0.29, 0.717) is 16.5 Å². The van der Waals surface area contributed by atoms with Crippen molar-refractivity contribution in [3.8, 4) is 5.75 Å². The van der Waals surface area contributed by atoms with Gasteiger partial charge in [0.15, 0.2) is 0 Å².